The van der Waals surface area contributed by atoms with Gasteiger partial charge in [0, 0.05) is 45.2 Å². The Morgan fingerprint density at radius 3 is 2.22 bits per heavy atom. The van der Waals surface area contributed by atoms with Crippen molar-refractivity contribution in [3.8, 4) is 0 Å². The molecule has 1 heterocycles. The van der Waals surface area contributed by atoms with Gasteiger partial charge in [-0.15, -0.1) is 0 Å². The molecule has 1 aliphatic rings. The number of amides is 1. The Labute approximate surface area is 109 Å². The van der Waals surface area contributed by atoms with Crippen molar-refractivity contribution in [2.75, 3.05) is 39.0 Å². The van der Waals surface area contributed by atoms with E-state index in [-0.39, 0.29) is 5.91 Å². The second-order valence-corrected chi connectivity index (χ2v) is 6.88. The highest BCUT2D eigenvalue weighted by Crippen LogP contribution is 2.07. The molecule has 0 atom stereocenters. The van der Waals surface area contributed by atoms with E-state index < -0.39 is 10.0 Å². The van der Waals surface area contributed by atoms with Gasteiger partial charge in [-0.2, -0.15) is 4.31 Å². The Hall–Kier alpha value is -0.660. The lowest BCUT2D eigenvalue weighted by atomic mass is 10.3. The van der Waals surface area contributed by atoms with Crippen molar-refractivity contribution in [2.24, 2.45) is 0 Å². The molecular weight excluding hydrogens is 254 g/mol. The van der Waals surface area contributed by atoms with Gasteiger partial charge in [-0.25, -0.2) is 8.42 Å². The molecule has 0 spiro atoms. The third kappa shape index (κ3) is 4.91. The largest absolute Gasteiger partial charge is 0.340 e. The molecule has 1 aliphatic heterocycles. The number of rotatable bonds is 5. The molecule has 1 N–H and O–H groups in total. The van der Waals surface area contributed by atoms with Crippen LogP contribution >= 0.6 is 0 Å². The van der Waals surface area contributed by atoms with Gasteiger partial charge in [0.05, 0.1) is 6.26 Å². The molecule has 0 radical (unpaired) electrons. The molecule has 106 valence electrons. The summed E-state index contributed by atoms with van der Waals surface area (Å²) >= 11 is 0. The lowest BCUT2D eigenvalue weighted by Crippen LogP contribution is -2.50. The van der Waals surface area contributed by atoms with Crippen LogP contribution in [0.15, 0.2) is 0 Å². The van der Waals surface area contributed by atoms with Crippen LogP contribution in [0.3, 0.4) is 0 Å². The molecule has 0 aromatic carbocycles. The van der Waals surface area contributed by atoms with Crippen LogP contribution in [0.4, 0.5) is 0 Å². The van der Waals surface area contributed by atoms with E-state index in [1.165, 1.54) is 10.6 Å². The van der Waals surface area contributed by atoms with Crippen LogP contribution in [0.1, 0.15) is 20.3 Å². The first-order valence-corrected chi connectivity index (χ1v) is 8.12. The van der Waals surface area contributed by atoms with E-state index in [1.54, 1.807) is 4.90 Å². The summed E-state index contributed by atoms with van der Waals surface area (Å²) < 4.78 is 24.1. The Kier molecular flexibility index (Phi) is 5.55. The van der Waals surface area contributed by atoms with E-state index in [1.807, 2.05) is 13.8 Å². The fourth-order valence-corrected chi connectivity index (χ4v) is 2.72. The Morgan fingerprint density at radius 2 is 1.78 bits per heavy atom. The smallest absolute Gasteiger partial charge is 0.223 e. The molecular formula is C11H23N3O3S. The van der Waals surface area contributed by atoms with Gasteiger partial charge in [0.25, 0.3) is 0 Å². The molecule has 7 heteroatoms. The number of sulfonamides is 1. The summed E-state index contributed by atoms with van der Waals surface area (Å²) in [6.07, 6.45) is 1.67. The third-order valence-corrected chi connectivity index (χ3v) is 4.25. The zero-order chi connectivity index (χ0) is 13.8. The zero-order valence-electron chi connectivity index (χ0n) is 11.3. The molecule has 1 saturated heterocycles. The summed E-state index contributed by atoms with van der Waals surface area (Å²) in [6, 6.07) is 0.375. The van der Waals surface area contributed by atoms with Gasteiger partial charge < -0.3 is 10.2 Å². The van der Waals surface area contributed by atoms with E-state index in [0.29, 0.717) is 45.2 Å². The number of carbonyl (C=O) groups excluding carboxylic acids is 1. The maximum Gasteiger partial charge on any atom is 0.223 e. The first-order valence-electron chi connectivity index (χ1n) is 6.27. The minimum absolute atomic E-state index is 0.0938. The van der Waals surface area contributed by atoms with Crippen molar-refractivity contribution < 1.29 is 13.2 Å². The normalized spacial score (nSPS) is 18.3. The van der Waals surface area contributed by atoms with E-state index in [0.717, 1.165) is 0 Å². The number of hydrogen-bond acceptors (Lipinski definition) is 4. The molecule has 0 saturated carbocycles. The van der Waals surface area contributed by atoms with Crippen molar-refractivity contribution in [1.82, 2.24) is 14.5 Å². The molecule has 1 rings (SSSR count). The van der Waals surface area contributed by atoms with Crippen LogP contribution in [-0.4, -0.2) is 68.6 Å². The number of nitrogens with zero attached hydrogens (tertiary/aromatic N) is 2. The van der Waals surface area contributed by atoms with Gasteiger partial charge in [-0.3, -0.25) is 4.79 Å². The number of piperazine rings is 1. The van der Waals surface area contributed by atoms with Crippen molar-refractivity contribution in [1.29, 1.82) is 0 Å². The monoisotopic (exact) mass is 277 g/mol. The molecule has 18 heavy (non-hydrogen) atoms. The Morgan fingerprint density at radius 1 is 1.22 bits per heavy atom. The maximum atomic E-state index is 11.9. The first-order chi connectivity index (χ1) is 8.30. The van der Waals surface area contributed by atoms with Crippen LogP contribution in [0.2, 0.25) is 0 Å². The van der Waals surface area contributed by atoms with Crippen LogP contribution in [0.25, 0.3) is 0 Å². The lowest BCUT2D eigenvalue weighted by Gasteiger charge is -2.33. The standard InChI is InChI=1S/C11H23N3O3S/c1-10(2)12-5-4-11(15)13-6-8-14(9-7-13)18(3,16)17/h10,12H,4-9H2,1-3H3. The second kappa shape index (κ2) is 6.49. The van der Waals surface area contributed by atoms with Crippen molar-refractivity contribution in [3.05, 3.63) is 0 Å². The van der Waals surface area contributed by atoms with Gasteiger partial charge in [-0.05, 0) is 0 Å². The van der Waals surface area contributed by atoms with Gasteiger partial charge in [0.1, 0.15) is 0 Å². The van der Waals surface area contributed by atoms with Gasteiger partial charge in [-0.1, -0.05) is 13.8 Å². The first kappa shape index (κ1) is 15.4. The highest BCUT2D eigenvalue weighted by atomic mass is 32.2. The summed E-state index contributed by atoms with van der Waals surface area (Å²) in [6.45, 7) is 6.54. The van der Waals surface area contributed by atoms with Crippen LogP contribution in [0.5, 0.6) is 0 Å². The predicted molar refractivity (Wildman–Crippen MR) is 70.8 cm³/mol. The number of carbonyl (C=O) groups is 1. The van der Waals surface area contributed by atoms with Crippen LogP contribution in [0, 0.1) is 0 Å². The summed E-state index contributed by atoms with van der Waals surface area (Å²) in [4.78, 5) is 13.6. The van der Waals surface area contributed by atoms with Crippen molar-refractivity contribution in [3.63, 3.8) is 0 Å². The number of nitrogens with one attached hydrogen (secondary N) is 1. The highest BCUT2D eigenvalue weighted by Gasteiger charge is 2.25. The van der Waals surface area contributed by atoms with Crippen molar-refractivity contribution >= 4 is 15.9 Å². The molecule has 6 nitrogen and oxygen atoms in total. The SMILES string of the molecule is CC(C)NCCC(=O)N1CCN(S(C)(=O)=O)CC1. The third-order valence-electron chi connectivity index (χ3n) is 2.95. The lowest BCUT2D eigenvalue weighted by molar-refractivity contribution is -0.132. The fourth-order valence-electron chi connectivity index (χ4n) is 1.90. The fraction of sp³-hybridized carbons (Fsp3) is 0.909. The van der Waals surface area contributed by atoms with E-state index in [2.05, 4.69) is 5.32 Å². The molecule has 1 fully saturated rings. The Bertz CT molecular complexity index is 373. The molecule has 0 bridgehead atoms. The maximum absolute atomic E-state index is 11.9. The minimum Gasteiger partial charge on any atom is -0.340 e. The summed E-state index contributed by atoms with van der Waals surface area (Å²) in [5, 5.41) is 3.19. The van der Waals surface area contributed by atoms with Gasteiger partial charge in [0.2, 0.25) is 15.9 Å². The average Bonchev–Trinajstić information content (AvgIpc) is 2.27. The quantitative estimate of drug-likeness (QED) is 0.734. The predicted octanol–water partition coefficient (Wildman–Crippen LogP) is -0.522. The summed E-state index contributed by atoms with van der Waals surface area (Å²) in [5.74, 6) is 0.0938. The van der Waals surface area contributed by atoms with Crippen LogP contribution < -0.4 is 5.32 Å². The molecule has 0 aromatic rings. The highest BCUT2D eigenvalue weighted by molar-refractivity contribution is 7.88. The van der Waals surface area contributed by atoms with Crippen LogP contribution in [-0.2, 0) is 14.8 Å². The van der Waals surface area contributed by atoms with Gasteiger partial charge >= 0.3 is 0 Å². The van der Waals surface area contributed by atoms with E-state index >= 15 is 0 Å². The topological polar surface area (TPSA) is 69.7 Å². The number of hydrogen-bond donors (Lipinski definition) is 1. The van der Waals surface area contributed by atoms with Gasteiger partial charge in [0.15, 0.2) is 0 Å². The summed E-state index contributed by atoms with van der Waals surface area (Å²) in [7, 11) is -3.12. The molecule has 0 aromatic heterocycles. The summed E-state index contributed by atoms with van der Waals surface area (Å²) in [5.41, 5.74) is 0. The van der Waals surface area contributed by atoms with E-state index in [9.17, 15) is 13.2 Å². The average molecular weight is 277 g/mol. The molecule has 0 unspecified atom stereocenters. The zero-order valence-corrected chi connectivity index (χ0v) is 12.2. The minimum atomic E-state index is -3.12. The van der Waals surface area contributed by atoms with E-state index in [4.69, 9.17) is 0 Å². The second-order valence-electron chi connectivity index (χ2n) is 4.90. The Balaban J connectivity index is 2.32. The van der Waals surface area contributed by atoms with Crippen molar-refractivity contribution in [2.45, 2.75) is 26.3 Å². The molecule has 0 aliphatic carbocycles. The molecule has 1 amide bonds.